The molecule has 2 heterocycles. The standard InChI is InChI=1S/C9H11N3O2/c1-6(2)12-7-4-3-5-11(14)8(7)10-9(12)13/h3-6H,1-2H3,(H,10,13). The lowest BCUT2D eigenvalue weighted by atomic mass is 10.3. The molecule has 0 fully saturated rings. The summed E-state index contributed by atoms with van der Waals surface area (Å²) in [6.45, 7) is 3.80. The van der Waals surface area contributed by atoms with Crippen LogP contribution in [0.4, 0.5) is 0 Å². The summed E-state index contributed by atoms with van der Waals surface area (Å²) in [5, 5.41) is 11.3. The van der Waals surface area contributed by atoms with E-state index in [2.05, 4.69) is 4.98 Å². The number of aromatic amines is 1. The molecule has 0 aliphatic heterocycles. The van der Waals surface area contributed by atoms with Crippen LogP contribution in [0.5, 0.6) is 0 Å². The number of pyridine rings is 1. The Balaban J connectivity index is 2.91. The fourth-order valence-corrected chi connectivity index (χ4v) is 1.58. The minimum atomic E-state index is -0.245. The van der Waals surface area contributed by atoms with Gasteiger partial charge < -0.3 is 5.21 Å². The molecule has 5 heteroatoms. The molecule has 0 unspecified atom stereocenters. The normalized spacial score (nSPS) is 11.4. The molecule has 1 N–H and O–H groups in total. The molecule has 0 atom stereocenters. The highest BCUT2D eigenvalue weighted by Gasteiger charge is 2.15. The van der Waals surface area contributed by atoms with E-state index in [9.17, 15) is 10.0 Å². The Bertz CT molecular complexity index is 524. The highest BCUT2D eigenvalue weighted by molar-refractivity contribution is 5.67. The van der Waals surface area contributed by atoms with Crippen molar-refractivity contribution in [3.05, 3.63) is 34.0 Å². The zero-order valence-corrected chi connectivity index (χ0v) is 8.02. The van der Waals surface area contributed by atoms with Crippen molar-refractivity contribution in [1.29, 1.82) is 0 Å². The van der Waals surface area contributed by atoms with Gasteiger partial charge in [-0.3, -0.25) is 4.57 Å². The molecule has 2 aromatic rings. The van der Waals surface area contributed by atoms with E-state index in [-0.39, 0.29) is 11.7 Å². The van der Waals surface area contributed by atoms with Crippen LogP contribution in [-0.2, 0) is 0 Å². The third-order valence-electron chi connectivity index (χ3n) is 2.16. The lowest BCUT2D eigenvalue weighted by Gasteiger charge is -2.05. The van der Waals surface area contributed by atoms with Crippen LogP contribution in [0, 0.1) is 5.21 Å². The molecule has 0 radical (unpaired) electrons. The van der Waals surface area contributed by atoms with Crippen molar-refractivity contribution in [2.45, 2.75) is 19.9 Å². The Labute approximate surface area is 80.2 Å². The van der Waals surface area contributed by atoms with Crippen LogP contribution < -0.4 is 10.4 Å². The lowest BCUT2D eigenvalue weighted by molar-refractivity contribution is -0.579. The van der Waals surface area contributed by atoms with Gasteiger partial charge in [0.15, 0.2) is 0 Å². The third-order valence-corrected chi connectivity index (χ3v) is 2.16. The molecule has 0 saturated heterocycles. The summed E-state index contributed by atoms with van der Waals surface area (Å²) >= 11 is 0. The van der Waals surface area contributed by atoms with E-state index in [0.29, 0.717) is 15.9 Å². The minimum Gasteiger partial charge on any atom is -0.711 e. The van der Waals surface area contributed by atoms with Gasteiger partial charge in [-0.15, -0.1) is 0 Å². The molecule has 5 nitrogen and oxygen atoms in total. The first-order valence-electron chi connectivity index (χ1n) is 4.43. The lowest BCUT2D eigenvalue weighted by Crippen LogP contribution is -2.26. The zero-order chi connectivity index (χ0) is 10.3. The van der Waals surface area contributed by atoms with Crippen LogP contribution in [-0.4, -0.2) is 9.55 Å². The summed E-state index contributed by atoms with van der Waals surface area (Å²) in [7, 11) is 0. The molecule has 0 spiro atoms. The topological polar surface area (TPSA) is 64.7 Å². The molecule has 2 rings (SSSR count). The average molecular weight is 193 g/mol. The highest BCUT2D eigenvalue weighted by Crippen LogP contribution is 2.10. The molecule has 2 aromatic heterocycles. The van der Waals surface area contributed by atoms with Gasteiger partial charge in [0.1, 0.15) is 5.52 Å². The molecule has 0 aromatic carbocycles. The maximum absolute atomic E-state index is 11.5. The van der Waals surface area contributed by atoms with E-state index in [1.165, 1.54) is 6.20 Å². The second kappa shape index (κ2) is 2.87. The Morgan fingerprint density at radius 1 is 1.57 bits per heavy atom. The van der Waals surface area contributed by atoms with Crippen LogP contribution in [0.15, 0.2) is 23.1 Å². The Morgan fingerprint density at radius 3 is 2.93 bits per heavy atom. The van der Waals surface area contributed by atoms with Gasteiger partial charge in [-0.2, -0.15) is 4.98 Å². The SMILES string of the molecule is CC(C)n1c(=O)[nH]c2c1ccc[n+]2[O-]. The quantitative estimate of drug-likeness (QED) is 0.530. The Morgan fingerprint density at radius 2 is 2.29 bits per heavy atom. The number of imidazole rings is 1. The number of hydrogen-bond donors (Lipinski definition) is 1. The number of hydrogen-bond acceptors (Lipinski definition) is 2. The average Bonchev–Trinajstić information content (AvgIpc) is 2.42. The summed E-state index contributed by atoms with van der Waals surface area (Å²) in [6, 6.07) is 3.42. The number of aromatic nitrogens is 3. The predicted octanol–water partition coefficient (Wildman–Crippen LogP) is 0.544. The summed E-state index contributed by atoms with van der Waals surface area (Å²) in [5.41, 5.74) is 0.708. The molecule has 0 aliphatic carbocycles. The number of rotatable bonds is 1. The predicted molar refractivity (Wildman–Crippen MR) is 51.9 cm³/mol. The fraction of sp³-hybridized carbons (Fsp3) is 0.333. The van der Waals surface area contributed by atoms with Crippen molar-refractivity contribution in [2.75, 3.05) is 0 Å². The molecule has 74 valence electrons. The maximum Gasteiger partial charge on any atom is 0.414 e. The van der Waals surface area contributed by atoms with E-state index in [0.717, 1.165) is 0 Å². The molecule has 0 bridgehead atoms. The zero-order valence-electron chi connectivity index (χ0n) is 8.02. The van der Waals surface area contributed by atoms with Crippen LogP contribution in [0.25, 0.3) is 11.2 Å². The van der Waals surface area contributed by atoms with E-state index in [4.69, 9.17) is 0 Å². The van der Waals surface area contributed by atoms with E-state index in [1.54, 1.807) is 16.7 Å². The summed E-state index contributed by atoms with van der Waals surface area (Å²) in [6.07, 6.45) is 1.36. The summed E-state index contributed by atoms with van der Waals surface area (Å²) < 4.78 is 2.22. The van der Waals surface area contributed by atoms with Crippen LogP contribution in [0.1, 0.15) is 19.9 Å². The Kier molecular flexibility index (Phi) is 1.80. The maximum atomic E-state index is 11.5. The number of nitrogens with one attached hydrogen (secondary N) is 1. The molecule has 0 saturated carbocycles. The van der Waals surface area contributed by atoms with Gasteiger partial charge in [-0.1, -0.05) is 0 Å². The Hall–Kier alpha value is -1.78. The second-order valence-electron chi connectivity index (χ2n) is 3.46. The van der Waals surface area contributed by atoms with Crippen molar-refractivity contribution < 1.29 is 4.73 Å². The van der Waals surface area contributed by atoms with Gasteiger partial charge in [-0.05, 0) is 26.0 Å². The van der Waals surface area contributed by atoms with Crippen molar-refractivity contribution in [1.82, 2.24) is 9.55 Å². The van der Waals surface area contributed by atoms with E-state index < -0.39 is 0 Å². The van der Waals surface area contributed by atoms with Gasteiger partial charge in [0, 0.05) is 6.04 Å². The first-order chi connectivity index (χ1) is 6.61. The first kappa shape index (κ1) is 8.80. The molecule has 14 heavy (non-hydrogen) atoms. The van der Waals surface area contributed by atoms with Crippen molar-refractivity contribution in [3.8, 4) is 0 Å². The van der Waals surface area contributed by atoms with E-state index >= 15 is 0 Å². The molecular weight excluding hydrogens is 182 g/mol. The number of nitrogens with zero attached hydrogens (tertiary/aromatic N) is 2. The number of fused-ring (bicyclic) bond motifs is 1. The summed E-state index contributed by atoms with van der Waals surface area (Å²) in [4.78, 5) is 14.0. The molecular formula is C9H11N3O2. The van der Waals surface area contributed by atoms with Crippen LogP contribution >= 0.6 is 0 Å². The highest BCUT2D eigenvalue weighted by atomic mass is 16.5. The first-order valence-corrected chi connectivity index (χ1v) is 4.43. The third kappa shape index (κ3) is 1.09. The van der Waals surface area contributed by atoms with Gasteiger partial charge in [0.25, 0.3) is 0 Å². The molecule has 0 amide bonds. The monoisotopic (exact) mass is 193 g/mol. The van der Waals surface area contributed by atoms with Gasteiger partial charge >= 0.3 is 11.3 Å². The van der Waals surface area contributed by atoms with Crippen molar-refractivity contribution >= 4 is 11.2 Å². The summed E-state index contributed by atoms with van der Waals surface area (Å²) in [5.74, 6) is 0. The fourth-order valence-electron chi connectivity index (χ4n) is 1.58. The van der Waals surface area contributed by atoms with Crippen LogP contribution in [0.3, 0.4) is 0 Å². The smallest absolute Gasteiger partial charge is 0.414 e. The second-order valence-corrected chi connectivity index (χ2v) is 3.46. The van der Waals surface area contributed by atoms with Crippen molar-refractivity contribution in [3.63, 3.8) is 0 Å². The van der Waals surface area contributed by atoms with Gasteiger partial charge in [0.2, 0.25) is 0 Å². The number of H-pyrrole nitrogens is 1. The van der Waals surface area contributed by atoms with Gasteiger partial charge in [-0.25, -0.2) is 9.52 Å². The molecule has 0 aliphatic rings. The van der Waals surface area contributed by atoms with E-state index in [1.807, 2.05) is 13.8 Å². The van der Waals surface area contributed by atoms with Gasteiger partial charge in [0.05, 0.1) is 6.20 Å². The van der Waals surface area contributed by atoms with Crippen LogP contribution in [0.2, 0.25) is 0 Å². The van der Waals surface area contributed by atoms with Crippen molar-refractivity contribution in [2.24, 2.45) is 0 Å². The largest absolute Gasteiger partial charge is 0.711 e. The minimum absolute atomic E-state index is 0.0404.